The van der Waals surface area contributed by atoms with Crippen molar-refractivity contribution in [1.29, 1.82) is 0 Å². The van der Waals surface area contributed by atoms with Gasteiger partial charge in [0.15, 0.2) is 0 Å². The fraction of sp³-hybridized carbons (Fsp3) is 0.720. The van der Waals surface area contributed by atoms with E-state index in [1.165, 1.54) is 0 Å². The third kappa shape index (κ3) is 4.36. The summed E-state index contributed by atoms with van der Waals surface area (Å²) < 4.78 is 1.96. The fourth-order valence-corrected chi connectivity index (χ4v) is 6.54. The van der Waals surface area contributed by atoms with Crippen LogP contribution in [0.3, 0.4) is 0 Å². The molecule has 32 heavy (non-hydrogen) atoms. The van der Waals surface area contributed by atoms with E-state index in [-0.39, 0.29) is 29.7 Å². The van der Waals surface area contributed by atoms with Gasteiger partial charge in [-0.3, -0.25) is 14.4 Å². The minimum absolute atomic E-state index is 0.112. The lowest BCUT2D eigenvalue weighted by atomic mass is 9.78. The van der Waals surface area contributed by atoms with Crippen LogP contribution < -0.4 is 5.56 Å². The molecule has 2 saturated heterocycles. The first-order chi connectivity index (χ1) is 15.5. The van der Waals surface area contributed by atoms with Crippen LogP contribution in [-0.2, 0) is 16.1 Å². The number of hydrogen-bond acceptors (Lipinski definition) is 4. The quantitative estimate of drug-likeness (QED) is 0.733. The van der Waals surface area contributed by atoms with Crippen LogP contribution >= 0.6 is 0 Å². The largest absolute Gasteiger partial charge is 0.481 e. The normalized spacial score (nSPS) is 30.4. The topological polar surface area (TPSA) is 82.8 Å². The van der Waals surface area contributed by atoms with Gasteiger partial charge >= 0.3 is 5.97 Å². The zero-order chi connectivity index (χ0) is 22.2. The van der Waals surface area contributed by atoms with Crippen LogP contribution in [0.25, 0.3) is 0 Å². The third-order valence-corrected chi connectivity index (χ3v) is 8.47. The second-order valence-corrected chi connectivity index (χ2v) is 10.6. The summed E-state index contributed by atoms with van der Waals surface area (Å²) in [6.07, 6.45) is 6.28. The van der Waals surface area contributed by atoms with Gasteiger partial charge in [0.25, 0.3) is 5.56 Å². The van der Waals surface area contributed by atoms with Gasteiger partial charge in [-0.1, -0.05) is 12.5 Å². The summed E-state index contributed by atoms with van der Waals surface area (Å²) in [4.78, 5) is 41.1. The molecule has 2 bridgehead atoms. The maximum absolute atomic E-state index is 12.8. The number of carbonyl (C=O) groups is 2. The zero-order valence-corrected chi connectivity index (χ0v) is 18.8. The Hall–Kier alpha value is -2.15. The van der Waals surface area contributed by atoms with Crippen molar-refractivity contribution in [3.8, 4) is 0 Å². The van der Waals surface area contributed by atoms with E-state index in [1.54, 1.807) is 6.07 Å². The fourth-order valence-electron chi connectivity index (χ4n) is 6.54. The molecule has 7 nitrogen and oxygen atoms in total. The van der Waals surface area contributed by atoms with Crippen molar-refractivity contribution in [1.82, 2.24) is 14.4 Å². The van der Waals surface area contributed by atoms with Gasteiger partial charge in [-0.05, 0) is 62.5 Å². The van der Waals surface area contributed by atoms with Gasteiger partial charge in [-0.25, -0.2) is 0 Å². The molecule has 7 heteroatoms. The minimum atomic E-state index is -0.728. The summed E-state index contributed by atoms with van der Waals surface area (Å²) in [5.41, 5.74) is 1.28. The maximum atomic E-state index is 12.8. The van der Waals surface area contributed by atoms with Crippen LogP contribution in [0.1, 0.15) is 56.6 Å². The Kier molecular flexibility index (Phi) is 6.10. The summed E-state index contributed by atoms with van der Waals surface area (Å²) in [7, 11) is 0. The lowest BCUT2D eigenvalue weighted by molar-refractivity contribution is -0.142. The molecule has 4 aliphatic rings. The Balaban J connectivity index is 1.23. The van der Waals surface area contributed by atoms with Gasteiger partial charge in [-0.15, -0.1) is 0 Å². The molecule has 4 atom stereocenters. The lowest BCUT2D eigenvalue weighted by Crippen LogP contribution is -2.50. The summed E-state index contributed by atoms with van der Waals surface area (Å²) in [6, 6.07) is 5.63. The predicted molar refractivity (Wildman–Crippen MR) is 120 cm³/mol. The Morgan fingerprint density at radius 3 is 2.62 bits per heavy atom. The average Bonchev–Trinajstić information content (AvgIpc) is 2.72. The Bertz CT molecular complexity index is 924. The van der Waals surface area contributed by atoms with Gasteiger partial charge in [0.1, 0.15) is 0 Å². The van der Waals surface area contributed by atoms with Crippen molar-refractivity contribution in [3.63, 3.8) is 0 Å². The van der Waals surface area contributed by atoms with Crippen molar-refractivity contribution in [3.05, 3.63) is 34.2 Å². The van der Waals surface area contributed by atoms with Crippen molar-refractivity contribution in [2.75, 3.05) is 32.7 Å². The highest BCUT2D eigenvalue weighted by Crippen LogP contribution is 2.37. The molecule has 1 aliphatic carbocycles. The molecule has 1 aromatic heterocycles. The van der Waals surface area contributed by atoms with E-state index in [2.05, 4.69) is 11.0 Å². The van der Waals surface area contributed by atoms with Crippen molar-refractivity contribution < 1.29 is 14.7 Å². The highest BCUT2D eigenvalue weighted by molar-refractivity contribution is 5.79. The first-order valence-electron chi connectivity index (χ1n) is 12.4. The van der Waals surface area contributed by atoms with Crippen LogP contribution in [0, 0.1) is 23.7 Å². The van der Waals surface area contributed by atoms with E-state index in [4.69, 9.17) is 0 Å². The van der Waals surface area contributed by atoms with Crippen molar-refractivity contribution >= 4 is 11.9 Å². The number of nitrogens with zero attached hydrogens (tertiary/aromatic N) is 3. The molecule has 3 fully saturated rings. The molecular weight excluding hydrogens is 406 g/mol. The third-order valence-electron chi connectivity index (χ3n) is 8.47. The number of pyridine rings is 1. The number of aliphatic carboxylic acids is 1. The first-order valence-corrected chi connectivity index (χ1v) is 12.4. The first kappa shape index (κ1) is 21.7. The molecule has 0 radical (unpaired) electrons. The van der Waals surface area contributed by atoms with Crippen molar-refractivity contribution in [2.45, 2.75) is 57.4 Å². The highest BCUT2D eigenvalue weighted by Gasteiger charge is 2.38. The predicted octanol–water partition coefficient (Wildman–Crippen LogP) is 2.40. The maximum Gasteiger partial charge on any atom is 0.303 e. The van der Waals surface area contributed by atoms with Gasteiger partial charge in [0.05, 0.1) is 0 Å². The standard InChI is InChI=1S/C25H35N3O4/c29-23-6-2-5-22-21-11-17(14-28(22)23)13-26(15-21)9-7-20-16-27(25(32)18-3-1-4-18)10-8-19(20)12-24(30)31/h2,5-6,17-21H,1,3-4,7-16H2,(H,30,31)/t17-,19+,20-,21-/m1/s1. The molecule has 0 unspecified atom stereocenters. The van der Waals surface area contributed by atoms with Gasteiger partial charge < -0.3 is 19.5 Å². The number of fused-ring (bicyclic) bond motifs is 4. The highest BCUT2D eigenvalue weighted by atomic mass is 16.4. The van der Waals surface area contributed by atoms with Crippen LogP contribution in [0.4, 0.5) is 0 Å². The second-order valence-electron chi connectivity index (χ2n) is 10.6. The summed E-state index contributed by atoms with van der Waals surface area (Å²) in [5, 5.41) is 9.42. The van der Waals surface area contributed by atoms with Crippen molar-refractivity contribution in [2.24, 2.45) is 23.7 Å². The average molecular weight is 442 g/mol. The SMILES string of the molecule is O=C(O)C[C@@H]1CCN(C(=O)C2CCC2)C[C@H]1CCN1C[C@H]2C[C@H](C1)c1cccc(=O)n1C2. The van der Waals surface area contributed by atoms with Crippen LogP contribution in [0.15, 0.2) is 23.0 Å². The molecule has 1 amide bonds. The van der Waals surface area contributed by atoms with Crippen LogP contribution in [0.2, 0.25) is 0 Å². The summed E-state index contributed by atoms with van der Waals surface area (Å²) in [5.74, 6) is 1.07. The van der Waals surface area contributed by atoms with E-state index in [9.17, 15) is 19.5 Å². The molecule has 0 spiro atoms. The van der Waals surface area contributed by atoms with E-state index in [0.717, 1.165) is 70.4 Å². The van der Waals surface area contributed by atoms with E-state index >= 15 is 0 Å². The smallest absolute Gasteiger partial charge is 0.303 e. The number of aromatic nitrogens is 1. The van der Waals surface area contributed by atoms with E-state index in [0.29, 0.717) is 30.8 Å². The molecule has 3 aliphatic heterocycles. The second kappa shape index (κ2) is 9.00. The molecule has 1 aromatic rings. The zero-order valence-electron chi connectivity index (χ0n) is 18.8. The number of likely N-dealkylation sites (tertiary alicyclic amines) is 2. The molecule has 1 N–H and O–H groups in total. The lowest BCUT2D eigenvalue weighted by Gasteiger charge is -2.44. The molecule has 5 rings (SSSR count). The van der Waals surface area contributed by atoms with Crippen LogP contribution in [-0.4, -0.2) is 64.1 Å². The number of amides is 1. The number of hydrogen-bond donors (Lipinski definition) is 1. The molecule has 0 aromatic carbocycles. The number of piperidine rings is 2. The molecular formula is C25H35N3O4. The van der Waals surface area contributed by atoms with Gasteiger partial charge in [-0.2, -0.15) is 0 Å². The van der Waals surface area contributed by atoms with Gasteiger partial charge in [0, 0.05) is 62.7 Å². The summed E-state index contributed by atoms with van der Waals surface area (Å²) in [6.45, 7) is 5.13. The number of carboxylic acids is 1. The Morgan fingerprint density at radius 1 is 1.03 bits per heavy atom. The molecule has 174 valence electrons. The molecule has 4 heterocycles. The number of carboxylic acid groups (broad SMARTS) is 1. The number of carbonyl (C=O) groups excluding carboxylic acids is 1. The Labute approximate surface area is 189 Å². The minimum Gasteiger partial charge on any atom is -0.481 e. The number of rotatable bonds is 6. The van der Waals surface area contributed by atoms with Gasteiger partial charge in [0.2, 0.25) is 5.91 Å². The monoisotopic (exact) mass is 441 g/mol. The Morgan fingerprint density at radius 2 is 1.88 bits per heavy atom. The van der Waals surface area contributed by atoms with Crippen LogP contribution in [0.5, 0.6) is 0 Å². The molecule has 1 saturated carbocycles. The van der Waals surface area contributed by atoms with E-state index < -0.39 is 5.97 Å². The summed E-state index contributed by atoms with van der Waals surface area (Å²) >= 11 is 0. The van der Waals surface area contributed by atoms with E-state index in [1.807, 2.05) is 15.5 Å².